The molecule has 0 saturated heterocycles. The first-order valence-electron chi connectivity index (χ1n) is 7.56. The van der Waals surface area contributed by atoms with Crippen molar-refractivity contribution in [3.8, 4) is 0 Å². The number of hydrogen-bond donors (Lipinski definition) is 3. The van der Waals surface area contributed by atoms with Crippen LogP contribution in [0.4, 0.5) is 19.5 Å². The molecular weight excluding hydrogens is 382 g/mol. The maximum Gasteiger partial charge on any atom is 0.413 e. The van der Waals surface area contributed by atoms with Gasteiger partial charge in [-0.3, -0.25) is 5.32 Å². The molecule has 1 aromatic heterocycles. The molecule has 0 atom stereocenters. The van der Waals surface area contributed by atoms with Gasteiger partial charge in [-0.25, -0.2) is 31.7 Å². The molecule has 27 heavy (non-hydrogen) atoms. The summed E-state index contributed by atoms with van der Waals surface area (Å²) >= 11 is 0. The van der Waals surface area contributed by atoms with Gasteiger partial charge < -0.3 is 9.72 Å². The van der Waals surface area contributed by atoms with Gasteiger partial charge in [0.15, 0.2) is 0 Å². The van der Waals surface area contributed by atoms with Crippen LogP contribution in [0.1, 0.15) is 5.56 Å². The maximum absolute atomic E-state index is 13.2. The predicted molar refractivity (Wildman–Crippen MR) is 92.5 cm³/mol. The van der Waals surface area contributed by atoms with Crippen molar-refractivity contribution in [2.24, 2.45) is 0 Å². The summed E-state index contributed by atoms with van der Waals surface area (Å²) in [5, 5.41) is 2.33. The summed E-state index contributed by atoms with van der Waals surface area (Å²) in [6.45, 7) is -0.285. The van der Waals surface area contributed by atoms with Crippen LogP contribution < -0.4 is 10.0 Å². The van der Waals surface area contributed by atoms with Gasteiger partial charge in [0.1, 0.15) is 11.6 Å². The van der Waals surface area contributed by atoms with Gasteiger partial charge in [0.25, 0.3) is 0 Å². The summed E-state index contributed by atoms with van der Waals surface area (Å²) in [6, 6.07) is 6.86. The lowest BCUT2D eigenvalue weighted by atomic mass is 10.2. The maximum atomic E-state index is 13.2. The van der Waals surface area contributed by atoms with Crippen molar-refractivity contribution in [1.29, 1.82) is 0 Å². The zero-order valence-electron chi connectivity index (χ0n) is 13.9. The lowest BCUT2D eigenvalue weighted by Gasteiger charge is -2.07. The number of halogens is 2. The number of benzene rings is 2. The topological polar surface area (TPSA) is 113 Å². The van der Waals surface area contributed by atoms with E-state index in [1.54, 1.807) is 0 Å². The van der Waals surface area contributed by atoms with E-state index in [4.69, 9.17) is 0 Å². The Morgan fingerprint density at radius 3 is 2.56 bits per heavy atom. The van der Waals surface area contributed by atoms with Crippen LogP contribution in [0, 0.1) is 11.6 Å². The van der Waals surface area contributed by atoms with Crippen LogP contribution in [0.3, 0.4) is 0 Å². The highest BCUT2D eigenvalue weighted by atomic mass is 32.2. The summed E-state index contributed by atoms with van der Waals surface area (Å²) in [6.07, 6.45) is -0.731. The summed E-state index contributed by atoms with van der Waals surface area (Å²) in [5.74, 6) is -1.50. The molecule has 3 N–H and O–H groups in total. The van der Waals surface area contributed by atoms with Crippen LogP contribution in [0.15, 0.2) is 41.3 Å². The summed E-state index contributed by atoms with van der Waals surface area (Å²) in [5.41, 5.74) is 0.928. The fraction of sp³-hybridized carbons (Fsp3) is 0.125. The molecule has 2 aromatic carbocycles. The Morgan fingerprint density at radius 2 is 1.89 bits per heavy atom. The monoisotopic (exact) mass is 396 g/mol. The number of methoxy groups -OCH3 is 1. The number of fused-ring (bicyclic) bond motifs is 1. The fourth-order valence-corrected chi connectivity index (χ4v) is 3.38. The van der Waals surface area contributed by atoms with E-state index in [1.165, 1.54) is 25.3 Å². The van der Waals surface area contributed by atoms with Crippen LogP contribution >= 0.6 is 0 Å². The Morgan fingerprint density at radius 1 is 1.19 bits per heavy atom. The first kappa shape index (κ1) is 18.7. The van der Waals surface area contributed by atoms with Crippen molar-refractivity contribution in [1.82, 2.24) is 14.7 Å². The second kappa shape index (κ2) is 7.29. The quantitative estimate of drug-likeness (QED) is 0.613. The Balaban J connectivity index is 1.81. The third-order valence-corrected chi connectivity index (χ3v) is 4.96. The normalized spacial score (nSPS) is 11.5. The summed E-state index contributed by atoms with van der Waals surface area (Å²) in [4.78, 5) is 17.9. The second-order valence-corrected chi connectivity index (χ2v) is 7.25. The van der Waals surface area contributed by atoms with Crippen molar-refractivity contribution in [2.75, 3.05) is 12.4 Å². The highest BCUT2D eigenvalue weighted by Gasteiger charge is 2.16. The number of aromatic nitrogens is 2. The number of ether oxygens (including phenoxy) is 1. The minimum absolute atomic E-state index is 0.0832. The van der Waals surface area contributed by atoms with Crippen LogP contribution in [0.25, 0.3) is 11.0 Å². The number of rotatable bonds is 5. The van der Waals surface area contributed by atoms with Gasteiger partial charge in [-0.05, 0) is 35.9 Å². The lowest BCUT2D eigenvalue weighted by molar-refractivity contribution is 0.186. The Hall–Kier alpha value is -3.05. The van der Waals surface area contributed by atoms with Gasteiger partial charge in [-0.1, -0.05) is 0 Å². The SMILES string of the molecule is COC(=O)Nc1nc2ccc(S(=O)(=O)NCc3cc(F)cc(F)c3)cc2[nH]1. The minimum Gasteiger partial charge on any atom is -0.453 e. The number of carbonyl (C=O) groups is 1. The smallest absolute Gasteiger partial charge is 0.413 e. The Kier molecular flexibility index (Phi) is 5.06. The first-order valence-corrected chi connectivity index (χ1v) is 9.04. The van der Waals surface area contributed by atoms with E-state index in [1.807, 2.05) is 0 Å². The molecular formula is C16H14F2N4O4S. The number of H-pyrrole nitrogens is 1. The molecule has 1 amide bonds. The molecule has 0 radical (unpaired) electrons. The van der Waals surface area contributed by atoms with Gasteiger partial charge in [0.05, 0.1) is 23.0 Å². The average molecular weight is 396 g/mol. The molecule has 0 unspecified atom stereocenters. The van der Waals surface area contributed by atoms with E-state index in [-0.39, 0.29) is 23.0 Å². The van der Waals surface area contributed by atoms with Gasteiger partial charge in [0.2, 0.25) is 16.0 Å². The average Bonchev–Trinajstić information content (AvgIpc) is 3.00. The minimum atomic E-state index is -3.95. The molecule has 0 saturated carbocycles. The molecule has 0 aliphatic carbocycles. The highest BCUT2D eigenvalue weighted by molar-refractivity contribution is 7.89. The van der Waals surface area contributed by atoms with Crippen LogP contribution in [-0.2, 0) is 21.3 Å². The van der Waals surface area contributed by atoms with Crippen molar-refractivity contribution in [3.63, 3.8) is 0 Å². The first-order chi connectivity index (χ1) is 12.8. The van der Waals surface area contributed by atoms with E-state index >= 15 is 0 Å². The molecule has 8 nitrogen and oxygen atoms in total. The zero-order valence-corrected chi connectivity index (χ0v) is 14.7. The zero-order chi connectivity index (χ0) is 19.6. The molecule has 142 valence electrons. The van der Waals surface area contributed by atoms with E-state index in [0.717, 1.165) is 12.1 Å². The van der Waals surface area contributed by atoms with E-state index in [2.05, 4.69) is 24.7 Å². The van der Waals surface area contributed by atoms with Crippen molar-refractivity contribution >= 4 is 33.1 Å². The number of aromatic amines is 1. The molecule has 0 bridgehead atoms. The molecule has 0 aliphatic heterocycles. The van der Waals surface area contributed by atoms with Gasteiger partial charge in [0, 0.05) is 12.6 Å². The molecule has 1 heterocycles. The van der Waals surface area contributed by atoms with E-state index < -0.39 is 27.8 Å². The fourth-order valence-electron chi connectivity index (χ4n) is 2.34. The second-order valence-electron chi connectivity index (χ2n) is 5.48. The number of nitrogens with one attached hydrogen (secondary N) is 3. The molecule has 0 fully saturated rings. The van der Waals surface area contributed by atoms with Crippen molar-refractivity contribution in [2.45, 2.75) is 11.4 Å². The third-order valence-electron chi connectivity index (χ3n) is 3.56. The number of nitrogens with zero attached hydrogens (tertiary/aromatic N) is 1. The van der Waals surface area contributed by atoms with E-state index in [0.29, 0.717) is 17.1 Å². The van der Waals surface area contributed by atoms with Crippen LogP contribution in [0.2, 0.25) is 0 Å². The van der Waals surface area contributed by atoms with E-state index in [9.17, 15) is 22.0 Å². The van der Waals surface area contributed by atoms with Crippen molar-refractivity contribution < 1.29 is 26.7 Å². The van der Waals surface area contributed by atoms with Crippen LogP contribution in [-0.4, -0.2) is 31.6 Å². The lowest BCUT2D eigenvalue weighted by Crippen LogP contribution is -2.23. The third kappa shape index (κ3) is 4.38. The number of hydrogen-bond acceptors (Lipinski definition) is 5. The molecule has 3 aromatic rings. The molecule has 0 spiro atoms. The predicted octanol–water partition coefficient (Wildman–Crippen LogP) is 2.50. The highest BCUT2D eigenvalue weighted by Crippen LogP contribution is 2.19. The van der Waals surface area contributed by atoms with Crippen LogP contribution in [0.5, 0.6) is 0 Å². The standard InChI is InChI=1S/C16H14F2N4O4S/c1-26-16(23)22-15-20-13-3-2-12(7-14(13)21-15)27(24,25)19-8-9-4-10(17)6-11(18)5-9/h2-7,19H,8H2,1H3,(H2,20,21,22,23). The van der Waals surface area contributed by atoms with Gasteiger partial charge in [-0.15, -0.1) is 0 Å². The number of sulfonamides is 1. The number of carbonyl (C=O) groups excluding carboxylic acids is 1. The number of amides is 1. The Bertz CT molecular complexity index is 1090. The summed E-state index contributed by atoms with van der Waals surface area (Å²) < 4.78 is 58.0. The molecule has 11 heteroatoms. The number of anilines is 1. The van der Waals surface area contributed by atoms with Gasteiger partial charge >= 0.3 is 6.09 Å². The Labute approximate surface area is 152 Å². The molecule has 0 aliphatic rings. The largest absolute Gasteiger partial charge is 0.453 e. The van der Waals surface area contributed by atoms with Gasteiger partial charge in [-0.2, -0.15) is 0 Å². The van der Waals surface area contributed by atoms with Crippen molar-refractivity contribution in [3.05, 3.63) is 53.6 Å². The molecule has 3 rings (SSSR count). The summed E-state index contributed by atoms with van der Waals surface area (Å²) in [7, 11) is -2.76. The number of imidazole rings is 1.